The molecule has 0 aliphatic heterocycles. The fourth-order valence-corrected chi connectivity index (χ4v) is 2.26. The van der Waals surface area contributed by atoms with Crippen LogP contribution in [0.15, 0.2) is 47.4 Å². The van der Waals surface area contributed by atoms with Gasteiger partial charge in [-0.2, -0.15) is 0 Å². The van der Waals surface area contributed by atoms with Gasteiger partial charge >= 0.3 is 0 Å². The molecule has 1 amide bonds. The Kier molecular flexibility index (Phi) is 3.84. The number of H-pyrrole nitrogens is 1. The lowest BCUT2D eigenvalue weighted by Crippen LogP contribution is -2.21. The number of halogens is 1. The highest BCUT2D eigenvalue weighted by Crippen LogP contribution is 2.21. The lowest BCUT2D eigenvalue weighted by molar-refractivity contribution is 0.102. The number of rotatable bonds is 4. The number of amides is 1. The van der Waals surface area contributed by atoms with E-state index in [2.05, 4.69) is 10.3 Å². The van der Waals surface area contributed by atoms with E-state index in [1.807, 2.05) is 0 Å². The molecule has 0 fully saturated rings. The van der Waals surface area contributed by atoms with Crippen molar-refractivity contribution >= 4 is 17.2 Å². The van der Waals surface area contributed by atoms with Crippen molar-refractivity contribution in [2.75, 3.05) is 11.9 Å². The van der Waals surface area contributed by atoms with Gasteiger partial charge in [0.25, 0.3) is 11.5 Å². The second kappa shape index (κ2) is 5.96. The summed E-state index contributed by atoms with van der Waals surface area (Å²) < 4.78 is 20.4. The molecule has 0 aliphatic carbocycles. The average molecular weight is 315 g/mol. The average Bonchev–Trinajstić information content (AvgIpc) is 2.96. The van der Waals surface area contributed by atoms with Crippen LogP contribution in [0.5, 0.6) is 5.75 Å². The maximum atomic E-state index is 14.0. The van der Waals surface area contributed by atoms with Gasteiger partial charge in [-0.25, -0.2) is 4.39 Å². The number of fused-ring (bicyclic) bond motifs is 1. The predicted octanol–water partition coefficient (Wildman–Crippen LogP) is 2.42. The summed E-state index contributed by atoms with van der Waals surface area (Å²) in [6.45, 7) is 2.21. The molecule has 0 atom stereocenters. The van der Waals surface area contributed by atoms with Crippen molar-refractivity contribution in [3.05, 3.63) is 64.5 Å². The molecule has 0 radical (unpaired) electrons. The normalized spacial score (nSPS) is 10.7. The highest BCUT2D eigenvalue weighted by atomic mass is 19.1. The van der Waals surface area contributed by atoms with Crippen LogP contribution in [0.25, 0.3) is 5.65 Å². The standard InChI is InChI=1S/C16H14FN3O3/c1-2-23-10-6-7-12(11(17)8-10)19-16(22)13-9-18-14-4-3-5-15(21)20(13)14/h3-9,18H,2H2,1H3,(H,19,22). The molecule has 2 aromatic heterocycles. The minimum absolute atomic E-state index is 0.0109. The zero-order valence-electron chi connectivity index (χ0n) is 12.3. The summed E-state index contributed by atoms with van der Waals surface area (Å²) in [7, 11) is 0. The fraction of sp³-hybridized carbons (Fsp3) is 0.125. The van der Waals surface area contributed by atoms with E-state index < -0.39 is 11.7 Å². The van der Waals surface area contributed by atoms with Gasteiger partial charge in [-0.1, -0.05) is 6.07 Å². The highest BCUT2D eigenvalue weighted by Gasteiger charge is 2.15. The number of imidazole rings is 1. The number of hydrogen-bond donors (Lipinski definition) is 2. The van der Waals surface area contributed by atoms with E-state index in [9.17, 15) is 14.0 Å². The highest BCUT2D eigenvalue weighted by molar-refractivity contribution is 6.03. The maximum absolute atomic E-state index is 14.0. The largest absolute Gasteiger partial charge is 0.494 e. The molecule has 7 heteroatoms. The molecule has 2 heterocycles. The smallest absolute Gasteiger partial charge is 0.274 e. The number of hydrogen-bond acceptors (Lipinski definition) is 3. The zero-order chi connectivity index (χ0) is 16.4. The van der Waals surface area contributed by atoms with Gasteiger partial charge in [0.15, 0.2) is 0 Å². The van der Waals surface area contributed by atoms with Gasteiger partial charge in [0.2, 0.25) is 0 Å². The summed E-state index contributed by atoms with van der Waals surface area (Å²) in [4.78, 5) is 27.0. The monoisotopic (exact) mass is 315 g/mol. The number of aromatic amines is 1. The molecule has 0 unspecified atom stereocenters. The van der Waals surface area contributed by atoms with Crippen LogP contribution in [-0.4, -0.2) is 21.9 Å². The third-order valence-electron chi connectivity index (χ3n) is 3.28. The number of carbonyl (C=O) groups is 1. The second-order valence-electron chi connectivity index (χ2n) is 4.79. The van der Waals surface area contributed by atoms with Crippen molar-refractivity contribution in [1.82, 2.24) is 9.38 Å². The van der Waals surface area contributed by atoms with Gasteiger partial charge in [0, 0.05) is 18.3 Å². The molecule has 2 N–H and O–H groups in total. The topological polar surface area (TPSA) is 75.6 Å². The lowest BCUT2D eigenvalue weighted by Gasteiger charge is -2.08. The molecule has 3 rings (SSSR count). The maximum Gasteiger partial charge on any atom is 0.274 e. The molecule has 1 aromatic carbocycles. The molecular weight excluding hydrogens is 301 g/mol. The van der Waals surface area contributed by atoms with Crippen LogP contribution < -0.4 is 15.6 Å². The molecule has 0 saturated carbocycles. The predicted molar refractivity (Wildman–Crippen MR) is 83.5 cm³/mol. The van der Waals surface area contributed by atoms with Gasteiger partial charge in [-0.15, -0.1) is 0 Å². The van der Waals surface area contributed by atoms with E-state index in [1.54, 1.807) is 25.1 Å². The van der Waals surface area contributed by atoms with Crippen LogP contribution in [0.4, 0.5) is 10.1 Å². The third kappa shape index (κ3) is 2.80. The molecule has 118 valence electrons. The second-order valence-corrected chi connectivity index (χ2v) is 4.79. The first-order valence-corrected chi connectivity index (χ1v) is 7.03. The van der Waals surface area contributed by atoms with Crippen LogP contribution in [0.2, 0.25) is 0 Å². The van der Waals surface area contributed by atoms with Gasteiger partial charge in [0.1, 0.15) is 22.9 Å². The van der Waals surface area contributed by atoms with E-state index in [1.165, 1.54) is 28.8 Å². The summed E-state index contributed by atoms with van der Waals surface area (Å²) in [5.74, 6) is -0.824. The van der Waals surface area contributed by atoms with E-state index in [-0.39, 0.29) is 16.9 Å². The number of nitrogens with one attached hydrogen (secondary N) is 2. The first kappa shape index (κ1) is 14.8. The van der Waals surface area contributed by atoms with Gasteiger partial charge in [0.05, 0.1) is 12.3 Å². The summed E-state index contributed by atoms with van der Waals surface area (Å²) >= 11 is 0. The number of pyridine rings is 1. The number of ether oxygens (including phenoxy) is 1. The zero-order valence-corrected chi connectivity index (χ0v) is 12.3. The van der Waals surface area contributed by atoms with Gasteiger partial charge in [-0.3, -0.25) is 14.0 Å². The summed E-state index contributed by atoms with van der Waals surface area (Å²) in [6.07, 6.45) is 1.40. The van der Waals surface area contributed by atoms with Crippen molar-refractivity contribution < 1.29 is 13.9 Å². The first-order valence-electron chi connectivity index (χ1n) is 7.03. The van der Waals surface area contributed by atoms with Crippen LogP contribution in [-0.2, 0) is 0 Å². The molecule has 6 nitrogen and oxygen atoms in total. The van der Waals surface area contributed by atoms with Crippen molar-refractivity contribution in [1.29, 1.82) is 0 Å². The Balaban J connectivity index is 1.91. The molecule has 0 bridgehead atoms. The number of carbonyl (C=O) groups excluding carboxylic acids is 1. The lowest BCUT2D eigenvalue weighted by atomic mass is 10.2. The molecule has 0 aliphatic rings. The van der Waals surface area contributed by atoms with E-state index in [0.717, 1.165) is 0 Å². The number of nitrogens with zero attached hydrogens (tertiary/aromatic N) is 1. The molecule has 0 spiro atoms. The minimum Gasteiger partial charge on any atom is -0.494 e. The molecular formula is C16H14FN3O3. The van der Waals surface area contributed by atoms with Crippen LogP contribution in [0.3, 0.4) is 0 Å². The van der Waals surface area contributed by atoms with E-state index >= 15 is 0 Å². The first-order chi connectivity index (χ1) is 11.1. The summed E-state index contributed by atoms with van der Waals surface area (Å²) in [6, 6.07) is 8.76. The molecule has 23 heavy (non-hydrogen) atoms. The van der Waals surface area contributed by atoms with Crippen molar-refractivity contribution in [3.8, 4) is 5.75 Å². The molecule has 3 aromatic rings. The summed E-state index contributed by atoms with van der Waals surface area (Å²) in [5.41, 5.74) is 0.242. The van der Waals surface area contributed by atoms with Crippen molar-refractivity contribution in [2.45, 2.75) is 6.92 Å². The quantitative estimate of drug-likeness (QED) is 0.776. The third-order valence-corrected chi connectivity index (χ3v) is 3.28. The Labute approximate surface area is 130 Å². The van der Waals surface area contributed by atoms with E-state index in [0.29, 0.717) is 18.0 Å². The Morgan fingerprint density at radius 1 is 1.35 bits per heavy atom. The fourth-order valence-electron chi connectivity index (χ4n) is 2.26. The van der Waals surface area contributed by atoms with Crippen LogP contribution in [0, 0.1) is 5.82 Å². The minimum atomic E-state index is -0.614. The number of anilines is 1. The Hall–Kier alpha value is -3.09. The van der Waals surface area contributed by atoms with Gasteiger partial charge < -0.3 is 15.0 Å². The Morgan fingerprint density at radius 3 is 2.91 bits per heavy atom. The molecule has 0 saturated heterocycles. The number of benzene rings is 1. The van der Waals surface area contributed by atoms with E-state index in [4.69, 9.17) is 4.74 Å². The van der Waals surface area contributed by atoms with Crippen molar-refractivity contribution in [3.63, 3.8) is 0 Å². The SMILES string of the molecule is CCOc1ccc(NC(=O)c2c[nH]c3cccc(=O)n23)c(F)c1. The van der Waals surface area contributed by atoms with Gasteiger partial charge in [-0.05, 0) is 25.1 Å². The Morgan fingerprint density at radius 2 is 2.17 bits per heavy atom. The van der Waals surface area contributed by atoms with Crippen LogP contribution >= 0.6 is 0 Å². The van der Waals surface area contributed by atoms with Crippen molar-refractivity contribution in [2.24, 2.45) is 0 Å². The Bertz CT molecular complexity index is 930. The number of aromatic nitrogens is 2. The summed E-state index contributed by atoms with van der Waals surface area (Å²) in [5, 5.41) is 2.45. The van der Waals surface area contributed by atoms with Crippen LogP contribution in [0.1, 0.15) is 17.4 Å².